The number of hydrogen-bond acceptors (Lipinski definition) is 5. The summed E-state index contributed by atoms with van der Waals surface area (Å²) >= 11 is 0. The molecule has 0 aliphatic rings. The largest absolute Gasteiger partial charge is 0.466 e. The average molecular weight is 961 g/mol. The molecule has 2 unspecified atom stereocenters. The molecule has 0 rings (SSSR count). The van der Waals surface area contributed by atoms with E-state index in [0.717, 1.165) is 38.5 Å². The molecule has 2 atom stereocenters. The maximum absolute atomic E-state index is 12.5. The minimum atomic E-state index is -0.845. The maximum Gasteiger partial charge on any atom is 0.305 e. The number of unbranched alkanes of at least 4 members (excludes halogenated alkanes) is 47. The molecule has 0 spiro atoms. The first kappa shape index (κ1) is 66.6. The van der Waals surface area contributed by atoms with Crippen molar-refractivity contribution in [1.82, 2.24) is 5.32 Å². The molecule has 0 aromatic carbocycles. The number of esters is 1. The van der Waals surface area contributed by atoms with Gasteiger partial charge in [0.1, 0.15) is 0 Å². The van der Waals surface area contributed by atoms with Crippen LogP contribution in [0.4, 0.5) is 0 Å². The van der Waals surface area contributed by atoms with Crippen LogP contribution in [0.5, 0.6) is 0 Å². The topological polar surface area (TPSA) is 95.9 Å². The van der Waals surface area contributed by atoms with Gasteiger partial charge in [-0.15, -0.1) is 0 Å². The zero-order valence-electron chi connectivity index (χ0n) is 46.1. The molecule has 0 aliphatic heterocycles. The van der Waals surface area contributed by atoms with E-state index in [1.54, 1.807) is 6.08 Å². The molecule has 0 fully saturated rings. The normalized spacial score (nSPS) is 12.6. The molecular weight excluding hydrogens is 839 g/mol. The lowest BCUT2D eigenvalue weighted by Gasteiger charge is -2.20. The number of carbonyl (C=O) groups is 2. The summed E-state index contributed by atoms with van der Waals surface area (Å²) in [5.41, 5.74) is 0. The standard InChI is InChI=1S/C62H121NO5/c1-3-5-7-9-11-13-15-17-19-20-25-28-32-36-40-44-48-52-56-62(67)68-57-53-49-45-41-37-33-29-26-23-21-22-24-27-31-35-39-43-47-51-55-61(66)63-59(58-64)60(65)54-50-46-42-38-34-30-18-16-14-12-10-8-6-4-2/h50,54,59-60,64-65H,3-49,51-53,55-58H2,1-2H3,(H,63,66)/b54-50+. The van der Waals surface area contributed by atoms with E-state index in [4.69, 9.17) is 4.74 Å². The second-order valence-corrected chi connectivity index (χ2v) is 21.4. The van der Waals surface area contributed by atoms with Gasteiger partial charge in [-0.25, -0.2) is 0 Å². The molecular formula is C62H121NO5. The molecule has 0 bridgehead atoms. The van der Waals surface area contributed by atoms with E-state index in [-0.39, 0.29) is 18.5 Å². The molecule has 3 N–H and O–H groups in total. The van der Waals surface area contributed by atoms with E-state index in [2.05, 4.69) is 19.2 Å². The predicted molar refractivity (Wildman–Crippen MR) is 297 cm³/mol. The van der Waals surface area contributed by atoms with Gasteiger partial charge < -0.3 is 20.3 Å². The number of hydrogen-bond donors (Lipinski definition) is 3. The fraction of sp³-hybridized carbons (Fsp3) is 0.935. The minimum Gasteiger partial charge on any atom is -0.466 e. The highest BCUT2D eigenvalue weighted by atomic mass is 16.5. The van der Waals surface area contributed by atoms with Gasteiger partial charge in [-0.2, -0.15) is 0 Å². The number of rotatable bonds is 58. The molecule has 0 aromatic heterocycles. The van der Waals surface area contributed by atoms with Gasteiger partial charge in [0.05, 0.1) is 25.4 Å². The summed E-state index contributed by atoms with van der Waals surface area (Å²) in [6.07, 6.45) is 69.6. The van der Waals surface area contributed by atoms with Crippen molar-refractivity contribution < 1.29 is 24.5 Å². The summed E-state index contributed by atoms with van der Waals surface area (Å²) in [6.45, 7) is 4.92. The highest BCUT2D eigenvalue weighted by Crippen LogP contribution is 2.18. The Bertz CT molecular complexity index is 1020. The third kappa shape index (κ3) is 53.9. The third-order valence-electron chi connectivity index (χ3n) is 14.6. The van der Waals surface area contributed by atoms with Crippen LogP contribution in [0.15, 0.2) is 12.2 Å². The number of amides is 1. The molecule has 6 heteroatoms. The smallest absolute Gasteiger partial charge is 0.305 e. The Morgan fingerprint density at radius 2 is 0.676 bits per heavy atom. The number of nitrogens with one attached hydrogen (secondary N) is 1. The number of aliphatic hydroxyl groups excluding tert-OH is 2. The monoisotopic (exact) mass is 960 g/mol. The Morgan fingerprint density at radius 1 is 0.397 bits per heavy atom. The minimum absolute atomic E-state index is 0.0133. The van der Waals surface area contributed by atoms with Gasteiger partial charge in [0, 0.05) is 12.8 Å². The number of carbonyl (C=O) groups excluding carboxylic acids is 2. The van der Waals surface area contributed by atoms with Crippen molar-refractivity contribution in [1.29, 1.82) is 0 Å². The van der Waals surface area contributed by atoms with Crippen LogP contribution in [0, 0.1) is 0 Å². The van der Waals surface area contributed by atoms with Crippen molar-refractivity contribution >= 4 is 11.9 Å². The van der Waals surface area contributed by atoms with Gasteiger partial charge in [-0.05, 0) is 32.1 Å². The van der Waals surface area contributed by atoms with E-state index in [9.17, 15) is 19.8 Å². The van der Waals surface area contributed by atoms with Gasteiger partial charge in [-0.1, -0.05) is 315 Å². The zero-order chi connectivity index (χ0) is 49.3. The summed E-state index contributed by atoms with van der Waals surface area (Å²) in [6, 6.07) is -0.629. The molecule has 404 valence electrons. The second-order valence-electron chi connectivity index (χ2n) is 21.4. The van der Waals surface area contributed by atoms with Crippen molar-refractivity contribution in [3.8, 4) is 0 Å². The van der Waals surface area contributed by atoms with Crippen LogP contribution < -0.4 is 5.32 Å². The van der Waals surface area contributed by atoms with Crippen molar-refractivity contribution in [3.05, 3.63) is 12.2 Å². The lowest BCUT2D eigenvalue weighted by Crippen LogP contribution is -2.45. The Hall–Kier alpha value is -1.40. The number of allylic oxidation sites excluding steroid dienone is 1. The molecule has 0 saturated carbocycles. The van der Waals surface area contributed by atoms with Crippen molar-refractivity contribution in [2.45, 2.75) is 360 Å². The van der Waals surface area contributed by atoms with Crippen molar-refractivity contribution in [2.75, 3.05) is 13.2 Å². The summed E-state index contributed by atoms with van der Waals surface area (Å²) in [4.78, 5) is 24.5. The van der Waals surface area contributed by atoms with Crippen LogP contribution in [0.1, 0.15) is 348 Å². The maximum atomic E-state index is 12.5. The summed E-state index contributed by atoms with van der Waals surface area (Å²) < 4.78 is 5.50. The Labute approximate surface area is 425 Å². The first-order valence-electron chi connectivity index (χ1n) is 31.0. The molecule has 0 aromatic rings. The van der Waals surface area contributed by atoms with Crippen LogP contribution in [0.3, 0.4) is 0 Å². The van der Waals surface area contributed by atoms with E-state index in [1.807, 2.05) is 6.08 Å². The Morgan fingerprint density at radius 3 is 1.00 bits per heavy atom. The summed E-state index contributed by atoms with van der Waals surface area (Å²) in [5, 5.41) is 23.1. The Kier molecular flexibility index (Phi) is 57.0. The van der Waals surface area contributed by atoms with Gasteiger partial charge in [0.15, 0.2) is 0 Å². The van der Waals surface area contributed by atoms with Crippen LogP contribution in [0.2, 0.25) is 0 Å². The van der Waals surface area contributed by atoms with Crippen molar-refractivity contribution in [2.24, 2.45) is 0 Å². The van der Waals surface area contributed by atoms with E-state index < -0.39 is 12.1 Å². The quantitative estimate of drug-likeness (QED) is 0.0321. The summed E-state index contributed by atoms with van der Waals surface area (Å²) in [5.74, 6) is -0.0556. The zero-order valence-corrected chi connectivity index (χ0v) is 46.1. The van der Waals surface area contributed by atoms with Crippen LogP contribution in [0.25, 0.3) is 0 Å². The van der Waals surface area contributed by atoms with Gasteiger partial charge >= 0.3 is 5.97 Å². The SMILES string of the molecule is CCCCCCCCCCCCCC/C=C/C(O)C(CO)NC(=O)CCCCCCCCCCCCCCCCCCCCCOC(=O)CCCCCCCCCCCCCCCCCCCC. The average Bonchev–Trinajstić information content (AvgIpc) is 3.34. The second kappa shape index (κ2) is 58.2. The predicted octanol–water partition coefficient (Wildman–Crippen LogP) is 19.2. The Balaban J connectivity index is 3.38. The van der Waals surface area contributed by atoms with Gasteiger partial charge in [-0.3, -0.25) is 9.59 Å². The van der Waals surface area contributed by atoms with Crippen molar-refractivity contribution in [3.63, 3.8) is 0 Å². The molecule has 68 heavy (non-hydrogen) atoms. The fourth-order valence-corrected chi connectivity index (χ4v) is 9.81. The third-order valence-corrected chi connectivity index (χ3v) is 14.6. The number of aliphatic hydroxyl groups is 2. The number of ether oxygens (including phenoxy) is 1. The highest BCUT2D eigenvalue weighted by molar-refractivity contribution is 5.76. The molecule has 0 aliphatic carbocycles. The van der Waals surface area contributed by atoms with Crippen LogP contribution >= 0.6 is 0 Å². The van der Waals surface area contributed by atoms with E-state index in [1.165, 1.54) is 283 Å². The van der Waals surface area contributed by atoms with Crippen LogP contribution in [-0.2, 0) is 14.3 Å². The van der Waals surface area contributed by atoms with E-state index >= 15 is 0 Å². The fourth-order valence-electron chi connectivity index (χ4n) is 9.81. The molecule has 0 saturated heterocycles. The lowest BCUT2D eigenvalue weighted by atomic mass is 10.0. The molecule has 1 amide bonds. The van der Waals surface area contributed by atoms with E-state index in [0.29, 0.717) is 19.4 Å². The first-order chi connectivity index (χ1) is 33.5. The van der Waals surface area contributed by atoms with Gasteiger partial charge in [0.25, 0.3) is 0 Å². The molecule has 6 nitrogen and oxygen atoms in total. The summed E-state index contributed by atoms with van der Waals surface area (Å²) in [7, 11) is 0. The van der Waals surface area contributed by atoms with Gasteiger partial charge in [0.2, 0.25) is 5.91 Å². The highest BCUT2D eigenvalue weighted by Gasteiger charge is 2.18. The first-order valence-corrected chi connectivity index (χ1v) is 31.0. The lowest BCUT2D eigenvalue weighted by molar-refractivity contribution is -0.143. The molecule has 0 radical (unpaired) electrons. The molecule has 0 heterocycles. The van der Waals surface area contributed by atoms with Crippen LogP contribution in [-0.4, -0.2) is 47.4 Å².